The molecule has 0 saturated carbocycles. The number of halogens is 1. The number of anilines is 1. The predicted molar refractivity (Wildman–Crippen MR) is 84.3 cm³/mol. The maximum Gasteiger partial charge on any atom is 0.229 e. The van der Waals surface area contributed by atoms with Gasteiger partial charge in [0.2, 0.25) is 11.8 Å². The van der Waals surface area contributed by atoms with Crippen LogP contribution in [0, 0.1) is 5.92 Å². The average molecular weight is 309 g/mol. The lowest BCUT2D eigenvalue weighted by Gasteiger charge is -2.32. The highest BCUT2D eigenvalue weighted by molar-refractivity contribution is 6.30. The number of hydrogen-bond acceptors (Lipinski definition) is 2. The normalized spacial score (nSPS) is 18.4. The Kier molecular flexibility index (Phi) is 5.62. The number of benzene rings is 1. The molecule has 4 nitrogen and oxygen atoms in total. The van der Waals surface area contributed by atoms with E-state index in [-0.39, 0.29) is 17.7 Å². The summed E-state index contributed by atoms with van der Waals surface area (Å²) in [6, 6.07) is 7.10. The molecule has 2 amide bonds. The SMILES string of the molecule is CCCC(=O)N1CCCC(C(=O)Nc2cccc(Cl)c2)C1. The van der Waals surface area contributed by atoms with Crippen LogP contribution >= 0.6 is 11.6 Å². The Bertz CT molecular complexity index is 519. The van der Waals surface area contributed by atoms with Crippen molar-refractivity contribution in [3.05, 3.63) is 29.3 Å². The first-order valence-corrected chi connectivity index (χ1v) is 7.82. The van der Waals surface area contributed by atoms with Gasteiger partial charge in [0, 0.05) is 30.2 Å². The van der Waals surface area contributed by atoms with Gasteiger partial charge in [-0.05, 0) is 37.5 Å². The molecule has 114 valence electrons. The van der Waals surface area contributed by atoms with Gasteiger partial charge in [0.05, 0.1) is 5.92 Å². The summed E-state index contributed by atoms with van der Waals surface area (Å²) < 4.78 is 0. The number of carbonyl (C=O) groups is 2. The molecule has 1 N–H and O–H groups in total. The fourth-order valence-corrected chi connectivity index (χ4v) is 2.79. The van der Waals surface area contributed by atoms with E-state index in [0.717, 1.165) is 25.8 Å². The van der Waals surface area contributed by atoms with Crippen LogP contribution in [0.25, 0.3) is 0 Å². The highest BCUT2D eigenvalue weighted by Crippen LogP contribution is 2.21. The zero-order chi connectivity index (χ0) is 15.2. The van der Waals surface area contributed by atoms with Crippen LogP contribution < -0.4 is 5.32 Å². The van der Waals surface area contributed by atoms with E-state index in [1.54, 1.807) is 18.2 Å². The highest BCUT2D eigenvalue weighted by Gasteiger charge is 2.28. The molecule has 1 heterocycles. The zero-order valence-electron chi connectivity index (χ0n) is 12.3. The van der Waals surface area contributed by atoms with Crippen molar-refractivity contribution in [3.8, 4) is 0 Å². The summed E-state index contributed by atoms with van der Waals surface area (Å²) in [4.78, 5) is 26.1. The monoisotopic (exact) mass is 308 g/mol. The van der Waals surface area contributed by atoms with E-state index >= 15 is 0 Å². The van der Waals surface area contributed by atoms with Crippen molar-refractivity contribution in [1.82, 2.24) is 4.90 Å². The van der Waals surface area contributed by atoms with E-state index in [2.05, 4.69) is 5.32 Å². The molecule has 5 heteroatoms. The van der Waals surface area contributed by atoms with Crippen molar-refractivity contribution in [2.45, 2.75) is 32.6 Å². The van der Waals surface area contributed by atoms with Crippen molar-refractivity contribution < 1.29 is 9.59 Å². The van der Waals surface area contributed by atoms with Crippen molar-refractivity contribution >= 4 is 29.1 Å². The summed E-state index contributed by atoms with van der Waals surface area (Å²) in [7, 11) is 0. The molecule has 0 bridgehead atoms. The Hall–Kier alpha value is -1.55. The molecular weight excluding hydrogens is 288 g/mol. The molecule has 0 aliphatic carbocycles. The van der Waals surface area contributed by atoms with Crippen LogP contribution in [0.15, 0.2) is 24.3 Å². The molecule has 1 saturated heterocycles. The molecule has 21 heavy (non-hydrogen) atoms. The van der Waals surface area contributed by atoms with E-state index in [0.29, 0.717) is 23.7 Å². The largest absolute Gasteiger partial charge is 0.342 e. The van der Waals surface area contributed by atoms with Gasteiger partial charge in [0.15, 0.2) is 0 Å². The maximum absolute atomic E-state index is 12.3. The molecule has 1 aromatic carbocycles. The number of hydrogen-bond donors (Lipinski definition) is 1. The lowest BCUT2D eigenvalue weighted by molar-refractivity contribution is -0.134. The fourth-order valence-electron chi connectivity index (χ4n) is 2.60. The minimum Gasteiger partial charge on any atom is -0.342 e. The van der Waals surface area contributed by atoms with Crippen molar-refractivity contribution in [1.29, 1.82) is 0 Å². The van der Waals surface area contributed by atoms with Gasteiger partial charge in [-0.2, -0.15) is 0 Å². The first-order chi connectivity index (χ1) is 10.1. The topological polar surface area (TPSA) is 49.4 Å². The Labute approximate surface area is 130 Å². The van der Waals surface area contributed by atoms with Crippen molar-refractivity contribution in [3.63, 3.8) is 0 Å². The molecule has 0 radical (unpaired) electrons. The van der Waals surface area contributed by atoms with E-state index in [1.165, 1.54) is 0 Å². The Morgan fingerprint density at radius 3 is 2.95 bits per heavy atom. The Morgan fingerprint density at radius 1 is 1.43 bits per heavy atom. The smallest absolute Gasteiger partial charge is 0.229 e. The second-order valence-electron chi connectivity index (χ2n) is 5.43. The predicted octanol–water partition coefficient (Wildman–Crippen LogP) is 3.32. The average Bonchev–Trinajstić information content (AvgIpc) is 2.47. The number of likely N-dealkylation sites (tertiary alicyclic amines) is 1. The van der Waals surface area contributed by atoms with Crippen molar-refractivity contribution in [2.75, 3.05) is 18.4 Å². The van der Waals surface area contributed by atoms with E-state index in [1.807, 2.05) is 17.9 Å². The Morgan fingerprint density at radius 2 is 2.24 bits per heavy atom. The number of carbonyl (C=O) groups excluding carboxylic acids is 2. The molecule has 0 spiro atoms. The van der Waals surface area contributed by atoms with Crippen LogP contribution in [0.5, 0.6) is 0 Å². The fraction of sp³-hybridized carbons (Fsp3) is 0.500. The number of piperidine rings is 1. The second kappa shape index (κ2) is 7.46. The summed E-state index contributed by atoms with van der Waals surface area (Å²) in [5.74, 6) is -0.0254. The van der Waals surface area contributed by atoms with Crippen LogP contribution in [0.3, 0.4) is 0 Å². The van der Waals surface area contributed by atoms with Gasteiger partial charge in [0.1, 0.15) is 0 Å². The molecular formula is C16H21ClN2O2. The van der Waals surface area contributed by atoms with Gasteiger partial charge in [-0.25, -0.2) is 0 Å². The lowest BCUT2D eigenvalue weighted by Crippen LogP contribution is -2.43. The van der Waals surface area contributed by atoms with Gasteiger partial charge in [-0.1, -0.05) is 24.6 Å². The van der Waals surface area contributed by atoms with Crippen molar-refractivity contribution in [2.24, 2.45) is 5.92 Å². The van der Waals surface area contributed by atoms with Gasteiger partial charge >= 0.3 is 0 Å². The molecule has 1 aliphatic rings. The molecule has 0 aromatic heterocycles. The number of amides is 2. The standard InChI is InChI=1S/C16H21ClN2O2/c1-2-5-15(20)19-9-4-6-12(11-19)16(21)18-14-8-3-7-13(17)10-14/h3,7-8,10,12H,2,4-6,9,11H2,1H3,(H,18,21). The first-order valence-electron chi connectivity index (χ1n) is 7.44. The van der Waals surface area contributed by atoms with Crippen LogP contribution in [-0.2, 0) is 9.59 Å². The van der Waals surface area contributed by atoms with Gasteiger partial charge in [-0.15, -0.1) is 0 Å². The van der Waals surface area contributed by atoms with E-state index in [4.69, 9.17) is 11.6 Å². The van der Waals surface area contributed by atoms with Crippen LogP contribution in [0.2, 0.25) is 5.02 Å². The molecule has 1 unspecified atom stereocenters. The third-order valence-electron chi connectivity index (χ3n) is 3.70. The highest BCUT2D eigenvalue weighted by atomic mass is 35.5. The third-order valence-corrected chi connectivity index (χ3v) is 3.94. The molecule has 1 aromatic rings. The zero-order valence-corrected chi connectivity index (χ0v) is 13.0. The van der Waals surface area contributed by atoms with Gasteiger partial charge in [-0.3, -0.25) is 9.59 Å². The first kappa shape index (κ1) is 15.8. The molecule has 1 atom stereocenters. The van der Waals surface area contributed by atoms with Crippen LogP contribution in [0.4, 0.5) is 5.69 Å². The maximum atomic E-state index is 12.3. The van der Waals surface area contributed by atoms with Gasteiger partial charge in [0.25, 0.3) is 0 Å². The minimum absolute atomic E-state index is 0.0359. The quantitative estimate of drug-likeness (QED) is 0.927. The molecule has 2 rings (SSSR count). The number of nitrogens with zero attached hydrogens (tertiary/aromatic N) is 1. The lowest BCUT2D eigenvalue weighted by atomic mass is 9.96. The number of nitrogens with one attached hydrogen (secondary N) is 1. The second-order valence-corrected chi connectivity index (χ2v) is 5.86. The minimum atomic E-state index is -0.140. The van der Waals surface area contributed by atoms with Crippen LogP contribution in [0.1, 0.15) is 32.6 Å². The summed E-state index contributed by atoms with van der Waals surface area (Å²) in [5.41, 5.74) is 0.699. The third kappa shape index (κ3) is 4.46. The molecule has 1 fully saturated rings. The summed E-state index contributed by atoms with van der Waals surface area (Å²) in [6.07, 6.45) is 3.10. The summed E-state index contributed by atoms with van der Waals surface area (Å²) in [6.45, 7) is 3.27. The Balaban J connectivity index is 1.94. The molecule has 1 aliphatic heterocycles. The van der Waals surface area contributed by atoms with Gasteiger partial charge < -0.3 is 10.2 Å². The van der Waals surface area contributed by atoms with E-state index < -0.39 is 0 Å². The number of rotatable bonds is 4. The summed E-state index contributed by atoms with van der Waals surface area (Å²) in [5, 5.41) is 3.48. The van der Waals surface area contributed by atoms with Crippen LogP contribution in [-0.4, -0.2) is 29.8 Å². The van der Waals surface area contributed by atoms with E-state index in [9.17, 15) is 9.59 Å². The summed E-state index contributed by atoms with van der Waals surface area (Å²) >= 11 is 5.91.